The van der Waals surface area contributed by atoms with Gasteiger partial charge in [-0.2, -0.15) is 9.97 Å². The van der Waals surface area contributed by atoms with Crippen molar-refractivity contribution in [3.8, 4) is 0 Å². The highest BCUT2D eigenvalue weighted by Gasteiger charge is 2.31. The Morgan fingerprint density at radius 2 is 1.81 bits per heavy atom. The van der Waals surface area contributed by atoms with E-state index in [-0.39, 0.29) is 22.9 Å². The van der Waals surface area contributed by atoms with E-state index in [2.05, 4.69) is 20.3 Å². The molecule has 0 saturated carbocycles. The van der Waals surface area contributed by atoms with Gasteiger partial charge in [0, 0.05) is 5.41 Å². The van der Waals surface area contributed by atoms with E-state index in [1.54, 1.807) is 6.92 Å². The van der Waals surface area contributed by atoms with E-state index in [1.807, 2.05) is 20.8 Å². The number of sulfone groups is 1. The lowest BCUT2D eigenvalue weighted by Crippen LogP contribution is -2.15. The minimum Gasteiger partial charge on any atom is -0.338 e. The van der Waals surface area contributed by atoms with Gasteiger partial charge in [-0.1, -0.05) is 31.1 Å². The zero-order chi connectivity index (χ0) is 15.8. The summed E-state index contributed by atoms with van der Waals surface area (Å²) in [6.45, 7) is 8.86. The summed E-state index contributed by atoms with van der Waals surface area (Å²) in [7, 11) is -3.58. The van der Waals surface area contributed by atoms with Crippen molar-refractivity contribution in [3.63, 3.8) is 0 Å². The second-order valence-corrected chi connectivity index (χ2v) is 8.21. The standard InChI is InChI=1S/C12H18N4O4S/c1-7(10-13-8(2)15-20-10)21(17,18)6-9-14-11(16-19-9)12(3,4)5/h7H,6H2,1-5H3/t7-/m1/s1. The lowest BCUT2D eigenvalue weighted by molar-refractivity contribution is 0.366. The average molecular weight is 314 g/mol. The Kier molecular flexibility index (Phi) is 3.87. The van der Waals surface area contributed by atoms with Gasteiger partial charge >= 0.3 is 0 Å². The second kappa shape index (κ2) is 5.21. The van der Waals surface area contributed by atoms with Crippen LogP contribution in [0.1, 0.15) is 56.4 Å². The van der Waals surface area contributed by atoms with Crippen LogP contribution in [0.2, 0.25) is 0 Å². The number of aromatic nitrogens is 4. The maximum Gasteiger partial charge on any atom is 0.244 e. The molecule has 0 amide bonds. The molecule has 0 aromatic carbocycles. The third-order valence-electron chi connectivity index (χ3n) is 2.89. The van der Waals surface area contributed by atoms with Gasteiger partial charge in [0.05, 0.1) is 0 Å². The van der Waals surface area contributed by atoms with Gasteiger partial charge in [0.15, 0.2) is 21.5 Å². The summed E-state index contributed by atoms with van der Waals surface area (Å²) in [6.07, 6.45) is 0. The predicted molar refractivity (Wildman–Crippen MR) is 73.1 cm³/mol. The van der Waals surface area contributed by atoms with Crippen molar-refractivity contribution >= 4 is 9.84 Å². The van der Waals surface area contributed by atoms with E-state index in [9.17, 15) is 8.42 Å². The smallest absolute Gasteiger partial charge is 0.244 e. The molecule has 0 N–H and O–H groups in total. The van der Waals surface area contributed by atoms with Gasteiger partial charge in [0.1, 0.15) is 11.0 Å². The Hall–Kier alpha value is -1.77. The first-order chi connectivity index (χ1) is 9.59. The highest BCUT2D eigenvalue weighted by atomic mass is 32.2. The molecule has 0 unspecified atom stereocenters. The third kappa shape index (κ3) is 3.46. The van der Waals surface area contributed by atoms with Gasteiger partial charge in [-0.25, -0.2) is 8.42 Å². The molecule has 0 aliphatic heterocycles. The lowest BCUT2D eigenvalue weighted by atomic mass is 9.96. The third-order valence-corrected chi connectivity index (χ3v) is 4.82. The minimum atomic E-state index is -3.58. The van der Waals surface area contributed by atoms with Gasteiger partial charge < -0.3 is 9.05 Å². The van der Waals surface area contributed by atoms with Gasteiger partial charge in [0.2, 0.25) is 11.8 Å². The van der Waals surface area contributed by atoms with Gasteiger partial charge in [-0.05, 0) is 13.8 Å². The maximum atomic E-state index is 12.3. The number of nitrogens with zero attached hydrogens (tertiary/aromatic N) is 4. The monoisotopic (exact) mass is 314 g/mol. The average Bonchev–Trinajstić information content (AvgIpc) is 2.96. The Balaban J connectivity index is 2.19. The topological polar surface area (TPSA) is 112 Å². The van der Waals surface area contributed by atoms with Crippen LogP contribution in [-0.2, 0) is 21.0 Å². The molecule has 0 spiro atoms. The molecule has 0 bridgehead atoms. The van der Waals surface area contributed by atoms with Crippen LogP contribution >= 0.6 is 0 Å². The van der Waals surface area contributed by atoms with Crippen LogP contribution in [0.3, 0.4) is 0 Å². The molecule has 2 heterocycles. The number of aryl methyl sites for hydroxylation is 1. The molecular formula is C12H18N4O4S. The van der Waals surface area contributed by atoms with Crippen LogP contribution in [0, 0.1) is 6.92 Å². The summed E-state index contributed by atoms with van der Waals surface area (Å²) in [6, 6.07) is 0. The molecular weight excluding hydrogens is 296 g/mol. The Morgan fingerprint density at radius 3 is 2.29 bits per heavy atom. The maximum absolute atomic E-state index is 12.3. The molecule has 0 aliphatic carbocycles. The van der Waals surface area contributed by atoms with Crippen molar-refractivity contribution in [3.05, 3.63) is 23.4 Å². The lowest BCUT2D eigenvalue weighted by Gasteiger charge is -2.11. The van der Waals surface area contributed by atoms with Crippen molar-refractivity contribution in [2.45, 2.75) is 51.0 Å². The molecule has 0 fully saturated rings. The first-order valence-electron chi connectivity index (χ1n) is 6.44. The molecule has 2 aromatic heterocycles. The molecule has 9 heteroatoms. The van der Waals surface area contributed by atoms with E-state index in [4.69, 9.17) is 9.05 Å². The van der Waals surface area contributed by atoms with Crippen LogP contribution in [0.25, 0.3) is 0 Å². The minimum absolute atomic E-state index is 0.0583. The fourth-order valence-corrected chi connectivity index (χ4v) is 2.66. The first kappa shape index (κ1) is 15.6. The van der Waals surface area contributed by atoms with Crippen LogP contribution < -0.4 is 0 Å². The highest BCUT2D eigenvalue weighted by Crippen LogP contribution is 2.25. The Labute approximate surface area is 122 Å². The number of hydrogen-bond donors (Lipinski definition) is 0. The van der Waals surface area contributed by atoms with Crippen molar-refractivity contribution in [2.75, 3.05) is 0 Å². The van der Waals surface area contributed by atoms with Crippen LogP contribution in [-0.4, -0.2) is 28.7 Å². The summed E-state index contributed by atoms with van der Waals surface area (Å²) in [5.74, 6) is 0.610. The van der Waals surface area contributed by atoms with Crippen molar-refractivity contribution < 1.29 is 17.5 Å². The van der Waals surface area contributed by atoms with E-state index >= 15 is 0 Å². The van der Waals surface area contributed by atoms with Crippen molar-refractivity contribution in [2.24, 2.45) is 0 Å². The largest absolute Gasteiger partial charge is 0.338 e. The molecule has 21 heavy (non-hydrogen) atoms. The fraction of sp³-hybridized carbons (Fsp3) is 0.667. The second-order valence-electron chi connectivity index (χ2n) is 5.89. The fourth-order valence-electron chi connectivity index (χ4n) is 1.55. The van der Waals surface area contributed by atoms with Crippen molar-refractivity contribution in [1.29, 1.82) is 0 Å². The summed E-state index contributed by atoms with van der Waals surface area (Å²) < 4.78 is 34.5. The highest BCUT2D eigenvalue weighted by molar-refractivity contribution is 7.90. The normalized spacial score (nSPS) is 14.3. The Bertz CT molecular complexity index is 727. The van der Waals surface area contributed by atoms with Gasteiger partial charge in [0.25, 0.3) is 0 Å². The summed E-state index contributed by atoms with van der Waals surface area (Å²) in [4.78, 5) is 8.06. The summed E-state index contributed by atoms with van der Waals surface area (Å²) in [5.41, 5.74) is -0.305. The van der Waals surface area contributed by atoms with Crippen molar-refractivity contribution in [1.82, 2.24) is 20.3 Å². The van der Waals surface area contributed by atoms with Gasteiger partial charge in [-0.15, -0.1) is 0 Å². The van der Waals surface area contributed by atoms with Gasteiger partial charge in [-0.3, -0.25) is 0 Å². The first-order valence-corrected chi connectivity index (χ1v) is 8.16. The molecule has 8 nitrogen and oxygen atoms in total. The van der Waals surface area contributed by atoms with Crippen LogP contribution in [0.5, 0.6) is 0 Å². The molecule has 0 saturated heterocycles. The molecule has 2 rings (SSSR count). The van der Waals surface area contributed by atoms with E-state index < -0.39 is 15.1 Å². The summed E-state index contributed by atoms with van der Waals surface area (Å²) >= 11 is 0. The Morgan fingerprint density at radius 1 is 1.14 bits per heavy atom. The van der Waals surface area contributed by atoms with E-state index in [1.165, 1.54) is 6.92 Å². The van der Waals surface area contributed by atoms with E-state index in [0.29, 0.717) is 11.6 Å². The molecule has 1 atom stereocenters. The molecule has 0 radical (unpaired) electrons. The van der Waals surface area contributed by atoms with Crippen LogP contribution in [0.15, 0.2) is 9.05 Å². The zero-order valence-electron chi connectivity index (χ0n) is 12.6. The summed E-state index contributed by atoms with van der Waals surface area (Å²) in [5, 5.41) is 6.47. The predicted octanol–water partition coefficient (Wildman–Crippen LogP) is 1.73. The van der Waals surface area contributed by atoms with E-state index in [0.717, 1.165) is 0 Å². The number of rotatable bonds is 4. The quantitative estimate of drug-likeness (QED) is 0.838. The molecule has 2 aromatic rings. The zero-order valence-corrected chi connectivity index (χ0v) is 13.4. The molecule has 0 aliphatic rings. The number of hydrogen-bond acceptors (Lipinski definition) is 8. The van der Waals surface area contributed by atoms with Crippen LogP contribution in [0.4, 0.5) is 0 Å². The SMILES string of the molecule is Cc1noc([C@@H](C)S(=O)(=O)Cc2nc(C(C)(C)C)no2)n1. The molecule has 116 valence electrons.